The fourth-order valence-electron chi connectivity index (χ4n) is 3.85. The molecule has 2 aromatic rings. The van der Waals surface area contributed by atoms with Gasteiger partial charge in [0.2, 0.25) is 12.3 Å². The third-order valence-electron chi connectivity index (χ3n) is 5.25. The van der Waals surface area contributed by atoms with E-state index in [0.717, 1.165) is 11.1 Å². The number of benzene rings is 2. The maximum atomic E-state index is 13.2. The number of nitrogens with zero attached hydrogens (tertiary/aromatic N) is 1. The average Bonchev–Trinajstić information content (AvgIpc) is 2.76. The molecule has 2 aliphatic heterocycles. The Balaban J connectivity index is 1.62. The monoisotopic (exact) mass is 424 g/mol. The quantitative estimate of drug-likeness (QED) is 0.327. The molecular formula is C22H20N2O5S. The van der Waals surface area contributed by atoms with Crippen LogP contribution in [-0.4, -0.2) is 50.6 Å². The van der Waals surface area contributed by atoms with Crippen LogP contribution in [0.3, 0.4) is 0 Å². The summed E-state index contributed by atoms with van der Waals surface area (Å²) in [6.45, 7) is 3.87. The Bertz CT molecular complexity index is 971. The predicted molar refractivity (Wildman–Crippen MR) is 110 cm³/mol. The molecule has 0 aromatic heterocycles. The van der Waals surface area contributed by atoms with Gasteiger partial charge < -0.3 is 15.0 Å². The zero-order chi connectivity index (χ0) is 21.3. The molecule has 8 heteroatoms. The highest BCUT2D eigenvalue weighted by atomic mass is 32.2. The highest BCUT2D eigenvalue weighted by molar-refractivity contribution is 7.86. The van der Waals surface area contributed by atoms with E-state index in [-0.39, 0.29) is 5.75 Å². The molecule has 7 nitrogen and oxygen atoms in total. The Morgan fingerprint density at radius 1 is 1.13 bits per heavy atom. The van der Waals surface area contributed by atoms with Crippen molar-refractivity contribution in [1.29, 1.82) is 0 Å². The first-order valence-corrected chi connectivity index (χ1v) is 10.8. The number of amides is 2. The zero-order valence-corrected chi connectivity index (χ0v) is 16.8. The molecule has 2 aromatic carbocycles. The highest BCUT2D eigenvalue weighted by Gasteiger charge is 2.59. The van der Waals surface area contributed by atoms with E-state index in [2.05, 4.69) is 11.9 Å². The van der Waals surface area contributed by atoms with Crippen molar-refractivity contribution in [3.8, 4) is 0 Å². The fourth-order valence-corrected chi connectivity index (χ4v) is 5.53. The van der Waals surface area contributed by atoms with Gasteiger partial charge in [-0.15, -0.1) is 0 Å². The van der Waals surface area contributed by atoms with Crippen molar-refractivity contribution in [3.05, 3.63) is 83.9 Å². The van der Waals surface area contributed by atoms with E-state index in [0.29, 0.717) is 12.0 Å². The number of rotatable bonds is 6. The van der Waals surface area contributed by atoms with Gasteiger partial charge in [0, 0.05) is 5.75 Å². The number of carbonyl (C=O) groups excluding carboxylic acids is 3. The lowest BCUT2D eigenvalue weighted by Gasteiger charge is -2.52. The van der Waals surface area contributed by atoms with E-state index in [1.165, 1.54) is 4.90 Å². The second-order valence-corrected chi connectivity index (χ2v) is 8.66. The summed E-state index contributed by atoms with van der Waals surface area (Å²) in [5.74, 6) is -1.05. The van der Waals surface area contributed by atoms with E-state index in [9.17, 15) is 18.6 Å². The number of hydrogen-bond donors (Lipinski definition) is 1. The zero-order valence-electron chi connectivity index (χ0n) is 16.0. The summed E-state index contributed by atoms with van der Waals surface area (Å²) in [6.07, 6.45) is -0.270. The molecule has 4 atom stereocenters. The first-order chi connectivity index (χ1) is 14.5. The Hall–Kier alpha value is -3.26. The summed E-state index contributed by atoms with van der Waals surface area (Å²) in [5, 5.41) is 1.62. The van der Waals surface area contributed by atoms with Crippen molar-refractivity contribution in [1.82, 2.24) is 10.2 Å². The lowest BCUT2D eigenvalue weighted by atomic mass is 9.98. The van der Waals surface area contributed by atoms with E-state index < -0.39 is 46.2 Å². The van der Waals surface area contributed by atoms with Gasteiger partial charge in [-0.1, -0.05) is 67.2 Å². The number of β-lactam (4-membered cyclic amide) rings is 1. The van der Waals surface area contributed by atoms with E-state index in [1.807, 2.05) is 60.7 Å². The van der Waals surface area contributed by atoms with Gasteiger partial charge in [0.25, 0.3) is 0 Å². The summed E-state index contributed by atoms with van der Waals surface area (Å²) >= 11 is 0. The molecule has 1 unspecified atom stereocenters. The minimum Gasteiger partial charge on any atom is -0.451 e. The van der Waals surface area contributed by atoms with Crippen LogP contribution in [0.1, 0.15) is 17.2 Å². The van der Waals surface area contributed by atoms with Crippen molar-refractivity contribution in [2.45, 2.75) is 23.6 Å². The number of ether oxygens (including phenoxy) is 1. The van der Waals surface area contributed by atoms with Crippen molar-refractivity contribution in [2.75, 3.05) is 5.75 Å². The maximum Gasteiger partial charge on any atom is 0.334 e. The lowest BCUT2D eigenvalue weighted by Crippen LogP contribution is -2.77. The van der Waals surface area contributed by atoms with Crippen molar-refractivity contribution < 1.29 is 23.3 Å². The van der Waals surface area contributed by atoms with Crippen LogP contribution in [0.5, 0.6) is 0 Å². The normalized spacial score (nSPS) is 25.3. The Morgan fingerprint density at radius 2 is 1.70 bits per heavy atom. The molecule has 1 N–H and O–H groups in total. The molecule has 154 valence electrons. The van der Waals surface area contributed by atoms with Crippen LogP contribution >= 0.6 is 0 Å². The molecule has 2 heterocycles. The van der Waals surface area contributed by atoms with Crippen LogP contribution in [0.2, 0.25) is 0 Å². The van der Waals surface area contributed by atoms with Crippen molar-refractivity contribution in [3.63, 3.8) is 0 Å². The molecule has 0 aliphatic carbocycles. The average molecular weight is 424 g/mol. The van der Waals surface area contributed by atoms with Crippen LogP contribution in [0.15, 0.2) is 72.8 Å². The van der Waals surface area contributed by atoms with Gasteiger partial charge in [-0.3, -0.25) is 13.8 Å². The summed E-state index contributed by atoms with van der Waals surface area (Å²) in [6, 6.07) is 16.6. The Kier molecular flexibility index (Phi) is 5.50. The van der Waals surface area contributed by atoms with Gasteiger partial charge in [-0.25, -0.2) is 4.79 Å². The van der Waals surface area contributed by atoms with Gasteiger partial charge in [-0.05, 0) is 16.7 Å². The minimum absolute atomic E-state index is 0.0621. The maximum absolute atomic E-state index is 13.2. The number of carbonyl (C=O) groups is 3. The third kappa shape index (κ3) is 3.43. The third-order valence-corrected chi connectivity index (χ3v) is 6.94. The molecule has 0 spiro atoms. The molecule has 2 saturated heterocycles. The van der Waals surface area contributed by atoms with E-state index >= 15 is 0 Å². The summed E-state index contributed by atoms with van der Waals surface area (Å²) in [4.78, 5) is 37.7. The number of hydrogen-bond acceptors (Lipinski definition) is 5. The molecule has 2 aliphatic rings. The van der Waals surface area contributed by atoms with Crippen molar-refractivity contribution in [2.24, 2.45) is 0 Å². The van der Waals surface area contributed by atoms with Gasteiger partial charge in [0.15, 0.2) is 12.1 Å². The summed E-state index contributed by atoms with van der Waals surface area (Å²) < 4.78 is 18.4. The van der Waals surface area contributed by atoms with Crippen LogP contribution in [0.4, 0.5) is 0 Å². The number of esters is 1. The second-order valence-electron chi connectivity index (χ2n) is 7.12. The topological polar surface area (TPSA) is 92.8 Å². The lowest BCUT2D eigenvalue weighted by molar-refractivity contribution is -0.165. The van der Waals surface area contributed by atoms with Gasteiger partial charge >= 0.3 is 5.97 Å². The summed E-state index contributed by atoms with van der Waals surface area (Å²) in [5.41, 5.74) is 1.93. The van der Waals surface area contributed by atoms with Gasteiger partial charge in [0.1, 0.15) is 11.4 Å². The largest absolute Gasteiger partial charge is 0.451 e. The highest BCUT2D eigenvalue weighted by Crippen LogP contribution is 2.36. The van der Waals surface area contributed by atoms with Crippen LogP contribution in [-0.2, 0) is 29.9 Å². The van der Waals surface area contributed by atoms with Crippen LogP contribution in [0, 0.1) is 0 Å². The molecular weight excluding hydrogens is 404 g/mol. The fraction of sp³-hybridized carbons (Fsp3) is 0.227. The molecule has 0 saturated carbocycles. The molecule has 4 rings (SSSR count). The summed E-state index contributed by atoms with van der Waals surface area (Å²) in [7, 11) is -1.46. The molecule has 0 radical (unpaired) electrons. The van der Waals surface area contributed by atoms with Crippen LogP contribution < -0.4 is 5.32 Å². The Morgan fingerprint density at radius 3 is 2.23 bits per heavy atom. The standard InChI is InChI=1S/C22H20N2O5S/c1-14-12-30(28)21-17(23-13-25)20(26)24(21)18(14)22(27)29-19(15-8-4-2-5-9-15)16-10-6-3-7-11-16/h2-11,13,17-19,21H,1,12H2,(H,23,25)/t17?,18-,21-,30+/m1/s1. The number of fused-ring (bicyclic) bond motifs is 1. The second kappa shape index (κ2) is 8.23. The number of nitrogens with one attached hydrogen (secondary N) is 1. The molecule has 2 amide bonds. The molecule has 2 fully saturated rings. The van der Waals surface area contributed by atoms with Gasteiger partial charge in [-0.2, -0.15) is 0 Å². The first kappa shape index (κ1) is 20.0. The smallest absolute Gasteiger partial charge is 0.334 e. The van der Waals surface area contributed by atoms with E-state index in [1.54, 1.807) is 0 Å². The van der Waals surface area contributed by atoms with E-state index in [4.69, 9.17) is 4.74 Å². The predicted octanol–water partition coefficient (Wildman–Crippen LogP) is 1.29. The SMILES string of the molecule is C=C1C[S@](=O)[C@@H]2C(NC=O)C(=O)N2[C@H]1C(=O)OC(c1ccccc1)c1ccccc1. The van der Waals surface area contributed by atoms with Crippen molar-refractivity contribution >= 4 is 29.1 Å². The molecule has 0 bridgehead atoms. The van der Waals surface area contributed by atoms with Crippen LogP contribution in [0.25, 0.3) is 0 Å². The first-order valence-electron chi connectivity index (χ1n) is 9.40. The Labute approximate surface area is 176 Å². The van der Waals surface area contributed by atoms with Gasteiger partial charge in [0.05, 0.1) is 10.8 Å². The molecule has 30 heavy (non-hydrogen) atoms. The minimum atomic E-state index is -1.46.